The van der Waals surface area contributed by atoms with Crippen molar-refractivity contribution >= 4 is 11.9 Å². The minimum absolute atomic E-state index is 0.146. The first-order chi connectivity index (χ1) is 10.8. The molecule has 23 heavy (non-hydrogen) atoms. The molecule has 0 aliphatic rings. The summed E-state index contributed by atoms with van der Waals surface area (Å²) < 4.78 is 5.59. The first-order valence-electron chi connectivity index (χ1n) is 8.06. The zero-order chi connectivity index (χ0) is 17.4. The average molecular weight is 321 g/mol. The van der Waals surface area contributed by atoms with Gasteiger partial charge in [0.1, 0.15) is 11.8 Å². The number of ether oxygens (including phenoxy) is 1. The number of rotatable bonds is 9. The first kappa shape index (κ1) is 19.0. The summed E-state index contributed by atoms with van der Waals surface area (Å²) in [5.74, 6) is -0.150. The number of carbonyl (C=O) groups is 2. The van der Waals surface area contributed by atoms with E-state index in [1.807, 2.05) is 24.3 Å². The van der Waals surface area contributed by atoms with E-state index in [4.69, 9.17) is 9.84 Å². The Labute approximate surface area is 138 Å². The third-order valence-corrected chi connectivity index (χ3v) is 3.61. The quantitative estimate of drug-likeness (QED) is 0.685. The summed E-state index contributed by atoms with van der Waals surface area (Å²) in [5, 5.41) is 11.6. The molecule has 0 bridgehead atoms. The van der Waals surface area contributed by atoms with Gasteiger partial charge >= 0.3 is 5.97 Å². The highest BCUT2D eigenvalue weighted by atomic mass is 16.5. The second-order valence-electron chi connectivity index (χ2n) is 6.30. The van der Waals surface area contributed by atoms with E-state index in [-0.39, 0.29) is 18.2 Å². The topological polar surface area (TPSA) is 75.6 Å². The van der Waals surface area contributed by atoms with E-state index in [9.17, 15) is 9.59 Å². The minimum Gasteiger partial charge on any atom is -0.494 e. The largest absolute Gasteiger partial charge is 0.494 e. The zero-order valence-electron chi connectivity index (χ0n) is 14.3. The van der Waals surface area contributed by atoms with E-state index in [0.29, 0.717) is 18.9 Å². The van der Waals surface area contributed by atoms with Gasteiger partial charge < -0.3 is 15.2 Å². The number of hydrogen-bond acceptors (Lipinski definition) is 3. The summed E-state index contributed by atoms with van der Waals surface area (Å²) in [6.07, 6.45) is 0.794. The van der Waals surface area contributed by atoms with Gasteiger partial charge in [0.2, 0.25) is 5.91 Å². The van der Waals surface area contributed by atoms with E-state index in [1.54, 1.807) is 13.8 Å². The maximum absolute atomic E-state index is 11.8. The van der Waals surface area contributed by atoms with Crippen LogP contribution in [0.3, 0.4) is 0 Å². The molecule has 2 N–H and O–H groups in total. The van der Waals surface area contributed by atoms with Crippen LogP contribution in [0.5, 0.6) is 5.75 Å². The number of aliphatic carboxylic acids is 1. The number of hydrogen-bond donors (Lipinski definition) is 2. The number of benzene rings is 1. The van der Waals surface area contributed by atoms with Crippen molar-refractivity contribution in [3.63, 3.8) is 0 Å². The highest BCUT2D eigenvalue weighted by molar-refractivity contribution is 5.83. The molecule has 1 aromatic carbocycles. The molecule has 5 heteroatoms. The van der Waals surface area contributed by atoms with Crippen molar-refractivity contribution < 1.29 is 19.4 Å². The molecule has 0 aliphatic carbocycles. The van der Waals surface area contributed by atoms with E-state index in [1.165, 1.54) is 5.56 Å². The maximum atomic E-state index is 11.8. The lowest BCUT2D eigenvalue weighted by Gasteiger charge is -2.17. The SMILES string of the molecule is CC(C)c1ccc(OCCCC(=O)NC(C(=O)O)C(C)C)cc1. The Morgan fingerprint density at radius 1 is 1.13 bits per heavy atom. The molecule has 0 heterocycles. The lowest BCUT2D eigenvalue weighted by Crippen LogP contribution is -2.44. The molecule has 1 unspecified atom stereocenters. The number of carbonyl (C=O) groups excluding carboxylic acids is 1. The molecule has 0 aromatic heterocycles. The number of carboxylic acids is 1. The van der Waals surface area contributed by atoms with Crippen LogP contribution < -0.4 is 10.1 Å². The molecular weight excluding hydrogens is 294 g/mol. The van der Waals surface area contributed by atoms with E-state index in [2.05, 4.69) is 19.2 Å². The van der Waals surface area contributed by atoms with Crippen LogP contribution >= 0.6 is 0 Å². The molecule has 0 aliphatic heterocycles. The fraction of sp³-hybridized carbons (Fsp3) is 0.556. The van der Waals surface area contributed by atoms with Crippen molar-refractivity contribution in [2.45, 2.75) is 52.5 Å². The molecule has 0 radical (unpaired) electrons. The van der Waals surface area contributed by atoms with Crippen molar-refractivity contribution in [1.82, 2.24) is 5.32 Å². The summed E-state index contributed by atoms with van der Waals surface area (Å²) in [6.45, 7) is 8.23. The molecule has 0 saturated heterocycles. The van der Waals surface area contributed by atoms with Crippen molar-refractivity contribution in [2.24, 2.45) is 5.92 Å². The number of nitrogens with one attached hydrogen (secondary N) is 1. The molecule has 1 amide bonds. The third kappa shape index (κ3) is 6.72. The van der Waals surface area contributed by atoms with Gasteiger partial charge in [-0.25, -0.2) is 4.79 Å². The monoisotopic (exact) mass is 321 g/mol. The predicted molar refractivity (Wildman–Crippen MR) is 89.7 cm³/mol. The van der Waals surface area contributed by atoms with Gasteiger partial charge in [0.05, 0.1) is 6.61 Å². The second kappa shape index (κ2) is 9.18. The van der Waals surface area contributed by atoms with Gasteiger partial charge in [-0.1, -0.05) is 39.8 Å². The third-order valence-electron chi connectivity index (χ3n) is 3.61. The zero-order valence-corrected chi connectivity index (χ0v) is 14.3. The highest BCUT2D eigenvalue weighted by Crippen LogP contribution is 2.18. The fourth-order valence-electron chi connectivity index (χ4n) is 2.13. The second-order valence-corrected chi connectivity index (χ2v) is 6.30. The van der Waals surface area contributed by atoms with Crippen LogP contribution in [0, 0.1) is 5.92 Å². The van der Waals surface area contributed by atoms with Gasteiger partial charge in [-0.05, 0) is 36.0 Å². The van der Waals surface area contributed by atoms with Crippen LogP contribution in [0.1, 0.15) is 52.0 Å². The summed E-state index contributed by atoms with van der Waals surface area (Å²) in [5.41, 5.74) is 1.25. The summed E-state index contributed by atoms with van der Waals surface area (Å²) in [6, 6.07) is 7.08. The standard InChI is InChI=1S/C18H27NO4/c1-12(2)14-7-9-15(10-8-14)23-11-5-6-16(20)19-17(13(3)4)18(21)22/h7-10,12-13,17H,5-6,11H2,1-4H3,(H,19,20)(H,21,22). The molecule has 0 spiro atoms. The molecule has 128 valence electrons. The normalized spacial score (nSPS) is 12.3. The Morgan fingerprint density at radius 3 is 2.22 bits per heavy atom. The molecule has 1 rings (SSSR count). The van der Waals surface area contributed by atoms with Crippen LogP contribution in [0.25, 0.3) is 0 Å². The average Bonchev–Trinajstić information content (AvgIpc) is 2.49. The molecule has 0 saturated carbocycles. The summed E-state index contributed by atoms with van der Waals surface area (Å²) in [4.78, 5) is 22.8. The maximum Gasteiger partial charge on any atom is 0.326 e. The molecule has 0 fully saturated rings. The molecule has 1 aromatic rings. The van der Waals surface area contributed by atoms with Crippen molar-refractivity contribution in [3.8, 4) is 5.75 Å². The first-order valence-corrected chi connectivity index (χ1v) is 8.06. The molecule has 1 atom stereocenters. The van der Waals surface area contributed by atoms with Crippen LogP contribution in [0.15, 0.2) is 24.3 Å². The van der Waals surface area contributed by atoms with Gasteiger partial charge in [0.15, 0.2) is 0 Å². The van der Waals surface area contributed by atoms with Gasteiger partial charge in [0, 0.05) is 6.42 Å². The molecule has 5 nitrogen and oxygen atoms in total. The Kier molecular flexibility index (Phi) is 7.59. The lowest BCUT2D eigenvalue weighted by atomic mass is 10.0. The van der Waals surface area contributed by atoms with Gasteiger partial charge in [0.25, 0.3) is 0 Å². The summed E-state index contributed by atoms with van der Waals surface area (Å²) in [7, 11) is 0. The van der Waals surface area contributed by atoms with E-state index in [0.717, 1.165) is 5.75 Å². The van der Waals surface area contributed by atoms with Crippen molar-refractivity contribution in [2.75, 3.05) is 6.61 Å². The lowest BCUT2D eigenvalue weighted by molar-refractivity contribution is -0.143. The van der Waals surface area contributed by atoms with Gasteiger partial charge in [-0.3, -0.25) is 4.79 Å². The van der Waals surface area contributed by atoms with Crippen molar-refractivity contribution in [3.05, 3.63) is 29.8 Å². The van der Waals surface area contributed by atoms with Crippen molar-refractivity contribution in [1.29, 1.82) is 0 Å². The van der Waals surface area contributed by atoms with Crippen LogP contribution in [-0.4, -0.2) is 29.6 Å². The van der Waals surface area contributed by atoms with Crippen LogP contribution in [0.4, 0.5) is 0 Å². The van der Waals surface area contributed by atoms with E-state index < -0.39 is 12.0 Å². The summed E-state index contributed by atoms with van der Waals surface area (Å²) >= 11 is 0. The Balaban J connectivity index is 2.31. The van der Waals surface area contributed by atoms with Gasteiger partial charge in [-0.15, -0.1) is 0 Å². The fourth-order valence-corrected chi connectivity index (χ4v) is 2.13. The Bertz CT molecular complexity index is 508. The Hall–Kier alpha value is -2.04. The Morgan fingerprint density at radius 2 is 1.74 bits per heavy atom. The number of carboxylic acid groups (broad SMARTS) is 1. The van der Waals surface area contributed by atoms with Crippen LogP contribution in [0.2, 0.25) is 0 Å². The molecular formula is C18H27NO4. The highest BCUT2D eigenvalue weighted by Gasteiger charge is 2.22. The minimum atomic E-state index is -1.00. The number of amides is 1. The van der Waals surface area contributed by atoms with E-state index >= 15 is 0 Å². The predicted octanol–water partition coefficient (Wildman–Crippen LogP) is 3.19. The van der Waals surface area contributed by atoms with Crippen LogP contribution in [-0.2, 0) is 9.59 Å². The van der Waals surface area contributed by atoms with Gasteiger partial charge in [-0.2, -0.15) is 0 Å². The smallest absolute Gasteiger partial charge is 0.326 e.